The molecule has 210 valence electrons. The Hall–Kier alpha value is -4.07. The molecule has 3 aliphatic heterocycles. The van der Waals surface area contributed by atoms with Crippen molar-refractivity contribution in [1.29, 1.82) is 0 Å². The van der Waals surface area contributed by atoms with Crippen LogP contribution in [-0.4, -0.2) is 76.3 Å². The van der Waals surface area contributed by atoms with Gasteiger partial charge in [0.15, 0.2) is 5.82 Å². The monoisotopic (exact) mass is 558 g/mol. The second kappa shape index (κ2) is 10.1. The van der Waals surface area contributed by atoms with Crippen molar-refractivity contribution >= 4 is 27.5 Å². The number of piperazine rings is 1. The van der Waals surface area contributed by atoms with Gasteiger partial charge in [0, 0.05) is 48.4 Å². The third-order valence-corrected chi connectivity index (χ3v) is 8.42. The molecule has 2 N–H and O–H groups in total. The van der Waals surface area contributed by atoms with Gasteiger partial charge in [0.2, 0.25) is 0 Å². The molecule has 41 heavy (non-hydrogen) atoms. The number of aromatic hydroxyl groups is 1. The molecule has 0 spiro atoms. The molecular formula is C31H30F2N6O2. The van der Waals surface area contributed by atoms with Crippen molar-refractivity contribution in [2.75, 3.05) is 38.1 Å². The summed E-state index contributed by atoms with van der Waals surface area (Å²) in [6.45, 7) is -0.133. The summed E-state index contributed by atoms with van der Waals surface area (Å²) >= 11 is 0. The zero-order chi connectivity index (χ0) is 30.0. The minimum Gasteiger partial charge on any atom is -0.508 e. The molecule has 3 atom stereocenters. The van der Waals surface area contributed by atoms with Gasteiger partial charge in [0.1, 0.15) is 35.2 Å². The van der Waals surface area contributed by atoms with Crippen molar-refractivity contribution in [2.24, 2.45) is 0 Å². The lowest BCUT2D eigenvalue weighted by atomic mass is 9.96. The highest BCUT2D eigenvalue weighted by Gasteiger charge is 2.34. The number of nitrogens with zero attached hydrogens (tertiary/aromatic N) is 5. The normalized spacial score (nSPS) is 23.6. The molecule has 8 nitrogen and oxygen atoms in total. The van der Waals surface area contributed by atoms with Crippen LogP contribution >= 0.6 is 0 Å². The fraction of sp³-hybridized carbons (Fsp3) is 0.387. The molecule has 4 aromatic rings. The van der Waals surface area contributed by atoms with E-state index < -0.39 is 24.2 Å². The first kappa shape index (κ1) is 23.6. The topological polar surface area (TPSA) is 86.6 Å². The maximum Gasteiger partial charge on any atom is 0.319 e. The highest BCUT2D eigenvalue weighted by atomic mass is 19.1. The van der Waals surface area contributed by atoms with E-state index in [2.05, 4.69) is 26.2 Å². The number of likely N-dealkylation sites (tertiary alicyclic amines) is 1. The van der Waals surface area contributed by atoms with Crippen LogP contribution in [0.15, 0.2) is 30.5 Å². The van der Waals surface area contributed by atoms with Gasteiger partial charge in [-0.3, -0.25) is 4.98 Å². The highest BCUT2D eigenvalue weighted by molar-refractivity contribution is 6.03. The van der Waals surface area contributed by atoms with E-state index in [9.17, 15) is 9.50 Å². The molecule has 7 rings (SSSR count). The minimum atomic E-state index is -2.13. The summed E-state index contributed by atoms with van der Waals surface area (Å²) in [5.41, 5.74) is -0.286. The fourth-order valence-electron chi connectivity index (χ4n) is 6.40. The Bertz CT molecular complexity index is 1800. The van der Waals surface area contributed by atoms with E-state index in [0.717, 1.165) is 25.8 Å². The average molecular weight is 559 g/mol. The first-order chi connectivity index (χ1) is 20.6. The van der Waals surface area contributed by atoms with Gasteiger partial charge in [-0.15, -0.1) is 6.42 Å². The summed E-state index contributed by atoms with van der Waals surface area (Å²) in [5.74, 6) is 1.08. The quantitative estimate of drug-likeness (QED) is 0.352. The van der Waals surface area contributed by atoms with Crippen LogP contribution in [0.4, 0.5) is 14.6 Å². The number of fused-ring (bicyclic) bond motifs is 4. The van der Waals surface area contributed by atoms with E-state index in [4.69, 9.17) is 13.9 Å². The Kier molecular flexibility index (Phi) is 5.81. The third kappa shape index (κ3) is 4.49. The SMILES string of the molecule is [2H]C([2H])(Oc1nc(N2C[C@H]3CC[C@@H](C2)N3)c2cnc(-c3cc(O)cc4ccc(F)c(C#C)c34)c(F)c2n1)[C@@H]1CCCN1C. The summed E-state index contributed by atoms with van der Waals surface area (Å²) in [7, 11) is 1.84. The number of ether oxygens (including phenoxy) is 1. The largest absolute Gasteiger partial charge is 0.508 e. The van der Waals surface area contributed by atoms with Crippen LogP contribution in [0.2, 0.25) is 0 Å². The summed E-state index contributed by atoms with van der Waals surface area (Å²) < 4.78 is 54.7. The number of phenolic OH excluding ortho intramolecular Hbond substituents is 1. The molecule has 0 aliphatic carbocycles. The minimum absolute atomic E-state index is 0.0774. The van der Waals surface area contributed by atoms with E-state index in [1.165, 1.54) is 30.5 Å². The van der Waals surface area contributed by atoms with Crippen LogP contribution < -0.4 is 15.0 Å². The molecule has 0 unspecified atom stereocenters. The number of anilines is 1. The Morgan fingerprint density at radius 3 is 2.73 bits per heavy atom. The van der Waals surface area contributed by atoms with E-state index in [1.54, 1.807) is 0 Å². The van der Waals surface area contributed by atoms with Crippen LogP contribution in [0.5, 0.6) is 11.8 Å². The number of nitrogens with one attached hydrogen (secondary N) is 1. The predicted molar refractivity (Wildman–Crippen MR) is 153 cm³/mol. The molecule has 0 radical (unpaired) electrons. The Balaban J connectivity index is 1.42. The molecule has 10 heteroatoms. The molecular weight excluding hydrogens is 526 g/mol. The first-order valence-electron chi connectivity index (χ1n) is 14.8. The lowest BCUT2D eigenvalue weighted by molar-refractivity contribution is 0.188. The molecule has 2 bridgehead atoms. The Morgan fingerprint density at radius 1 is 1.20 bits per heavy atom. The van der Waals surface area contributed by atoms with Crippen LogP contribution in [0.25, 0.3) is 32.9 Å². The number of halogens is 2. The van der Waals surface area contributed by atoms with Crippen LogP contribution in [0.1, 0.15) is 34.0 Å². The molecule has 2 aromatic heterocycles. The standard InChI is InChI=1S/C31H30F2N6O2/c1-3-22-25(32)9-6-17-11-21(40)12-23(26(17)22)28-27(33)29-24(13-34-28)30(39-14-18-7-8-19(15-39)35-18)37-31(36-29)41-16-20-5-4-10-38(20)2/h1,6,9,11-13,18-20,35,40H,4-5,7-8,10,14-16H2,2H3/t18-,19+,20-/m0/s1/i16D2. The molecule has 3 fully saturated rings. The van der Waals surface area contributed by atoms with Crippen molar-refractivity contribution in [1.82, 2.24) is 25.2 Å². The number of pyridine rings is 1. The number of rotatable bonds is 5. The van der Waals surface area contributed by atoms with Gasteiger partial charge >= 0.3 is 6.01 Å². The number of hydrogen-bond acceptors (Lipinski definition) is 8. The van der Waals surface area contributed by atoms with Gasteiger partial charge in [-0.1, -0.05) is 12.0 Å². The summed E-state index contributed by atoms with van der Waals surface area (Å²) in [6.07, 6.45) is 10.6. The van der Waals surface area contributed by atoms with Gasteiger partial charge in [-0.05, 0) is 62.9 Å². The number of hydrogen-bond donors (Lipinski definition) is 2. The van der Waals surface area contributed by atoms with Gasteiger partial charge < -0.3 is 25.0 Å². The number of benzene rings is 2. The molecule has 5 heterocycles. The van der Waals surface area contributed by atoms with Gasteiger partial charge in [0.25, 0.3) is 0 Å². The summed E-state index contributed by atoms with van der Waals surface area (Å²) in [4.78, 5) is 17.4. The smallest absolute Gasteiger partial charge is 0.319 e. The molecule has 3 saturated heterocycles. The number of aromatic nitrogens is 3. The van der Waals surface area contributed by atoms with Crippen molar-refractivity contribution in [3.8, 4) is 35.4 Å². The number of terminal acetylenes is 1. The average Bonchev–Trinajstić information content (AvgIpc) is 3.57. The van der Waals surface area contributed by atoms with Gasteiger partial charge in [0.05, 0.1) is 13.7 Å². The predicted octanol–water partition coefficient (Wildman–Crippen LogP) is 4.22. The van der Waals surface area contributed by atoms with Crippen molar-refractivity contribution in [3.05, 3.63) is 47.7 Å². The van der Waals surface area contributed by atoms with Crippen molar-refractivity contribution in [3.63, 3.8) is 0 Å². The van der Waals surface area contributed by atoms with E-state index in [0.29, 0.717) is 36.1 Å². The number of phenols is 1. The third-order valence-electron chi connectivity index (χ3n) is 8.42. The molecule has 2 aromatic carbocycles. The second-order valence-corrected chi connectivity index (χ2v) is 11.1. The van der Waals surface area contributed by atoms with E-state index >= 15 is 4.39 Å². The number of likely N-dealkylation sites (N-methyl/N-ethyl adjacent to an activating group) is 1. The first-order valence-corrected chi connectivity index (χ1v) is 13.8. The van der Waals surface area contributed by atoms with Crippen LogP contribution in [0.3, 0.4) is 0 Å². The molecule has 0 saturated carbocycles. The maximum atomic E-state index is 16.7. The van der Waals surface area contributed by atoms with Crippen LogP contribution in [0, 0.1) is 24.0 Å². The van der Waals surface area contributed by atoms with Gasteiger partial charge in [-0.25, -0.2) is 8.78 Å². The van der Waals surface area contributed by atoms with E-state index in [-0.39, 0.29) is 51.6 Å². The maximum absolute atomic E-state index is 16.7. The fourth-order valence-corrected chi connectivity index (χ4v) is 6.40. The molecule has 0 amide bonds. The van der Waals surface area contributed by atoms with Crippen LogP contribution in [-0.2, 0) is 0 Å². The second-order valence-electron chi connectivity index (χ2n) is 11.1. The van der Waals surface area contributed by atoms with Gasteiger partial charge in [-0.2, -0.15) is 9.97 Å². The summed E-state index contributed by atoms with van der Waals surface area (Å²) in [5, 5.41) is 15.0. The zero-order valence-electron chi connectivity index (χ0n) is 24.5. The van der Waals surface area contributed by atoms with Crippen molar-refractivity contribution in [2.45, 2.75) is 43.8 Å². The Labute approximate surface area is 239 Å². The zero-order valence-corrected chi connectivity index (χ0v) is 22.5. The van der Waals surface area contributed by atoms with Crippen molar-refractivity contribution < 1.29 is 21.4 Å². The lowest BCUT2D eigenvalue weighted by Gasteiger charge is -2.34. The highest BCUT2D eigenvalue weighted by Crippen LogP contribution is 2.39. The Morgan fingerprint density at radius 2 is 2.00 bits per heavy atom. The van der Waals surface area contributed by atoms with E-state index in [1.807, 2.05) is 16.8 Å². The summed E-state index contributed by atoms with van der Waals surface area (Å²) in [6, 6.07) is 5.07. The lowest BCUT2D eigenvalue weighted by Crippen LogP contribution is -2.51. The molecule has 3 aliphatic rings.